The van der Waals surface area contributed by atoms with Crippen LogP contribution < -0.4 is 4.90 Å². The molecule has 0 aromatic heterocycles. The van der Waals surface area contributed by atoms with Gasteiger partial charge in [0.25, 0.3) is 0 Å². The molecule has 3 heteroatoms. The van der Waals surface area contributed by atoms with Crippen LogP contribution in [0, 0.1) is 0 Å². The quantitative estimate of drug-likeness (QED) is 0.518. The van der Waals surface area contributed by atoms with Crippen molar-refractivity contribution in [1.82, 2.24) is 0 Å². The lowest BCUT2D eigenvalue weighted by Crippen LogP contribution is -2.10. The van der Waals surface area contributed by atoms with E-state index in [0.717, 1.165) is 16.5 Å². The second-order valence-corrected chi connectivity index (χ2v) is 6.03. The first-order chi connectivity index (χ1) is 11.5. The number of fused-ring (bicyclic) bond motifs is 1. The third kappa shape index (κ3) is 3.35. The Hall–Kier alpha value is -2.94. The zero-order chi connectivity index (χ0) is 17.1. The molecule has 24 heavy (non-hydrogen) atoms. The number of carbonyl (C=O) groups excluding carboxylic acids is 2. The molecule has 0 fully saturated rings. The molecule has 0 bridgehead atoms. The Morgan fingerprint density at radius 1 is 0.750 bits per heavy atom. The number of ketones is 2. The molecule has 0 spiro atoms. The van der Waals surface area contributed by atoms with E-state index in [4.69, 9.17) is 0 Å². The summed E-state index contributed by atoms with van der Waals surface area (Å²) in [6.07, 6.45) is -0.111. The molecule has 0 unspecified atom stereocenters. The van der Waals surface area contributed by atoms with Gasteiger partial charge in [0.15, 0.2) is 11.6 Å². The lowest BCUT2D eigenvalue weighted by atomic mass is 9.99. The summed E-state index contributed by atoms with van der Waals surface area (Å²) in [5.41, 5.74) is 2.16. The molecule has 3 nitrogen and oxygen atoms in total. The number of carbonyl (C=O) groups is 2. The van der Waals surface area contributed by atoms with Crippen molar-refractivity contribution >= 4 is 28.0 Å². The minimum absolute atomic E-state index is 0.111. The van der Waals surface area contributed by atoms with Gasteiger partial charge in [-0.15, -0.1) is 0 Å². The fourth-order valence-electron chi connectivity index (χ4n) is 2.66. The first-order valence-electron chi connectivity index (χ1n) is 7.87. The summed E-state index contributed by atoms with van der Waals surface area (Å²) < 4.78 is 0. The second-order valence-electron chi connectivity index (χ2n) is 6.03. The predicted octanol–water partition coefficient (Wildman–Crippen LogP) is 4.36. The van der Waals surface area contributed by atoms with Gasteiger partial charge in [0.05, 0.1) is 6.42 Å². The van der Waals surface area contributed by atoms with Crippen molar-refractivity contribution in [1.29, 1.82) is 0 Å². The number of hydrogen-bond donors (Lipinski definition) is 0. The number of benzene rings is 3. The molecule has 0 atom stereocenters. The predicted molar refractivity (Wildman–Crippen MR) is 98.0 cm³/mol. The highest BCUT2D eigenvalue weighted by Crippen LogP contribution is 2.18. The Morgan fingerprint density at radius 3 is 2.00 bits per heavy atom. The third-order valence-corrected chi connectivity index (χ3v) is 4.10. The number of hydrogen-bond acceptors (Lipinski definition) is 3. The molecule has 0 saturated heterocycles. The van der Waals surface area contributed by atoms with Crippen LogP contribution in [0.15, 0.2) is 66.7 Å². The lowest BCUT2D eigenvalue weighted by Gasteiger charge is -2.12. The highest BCUT2D eigenvalue weighted by atomic mass is 16.1. The van der Waals surface area contributed by atoms with Crippen LogP contribution in [-0.2, 0) is 0 Å². The van der Waals surface area contributed by atoms with Gasteiger partial charge in [0.2, 0.25) is 0 Å². The van der Waals surface area contributed by atoms with E-state index in [0.29, 0.717) is 11.1 Å². The average Bonchev–Trinajstić information content (AvgIpc) is 2.61. The Labute approximate surface area is 141 Å². The first kappa shape index (κ1) is 15.9. The van der Waals surface area contributed by atoms with Crippen LogP contribution >= 0.6 is 0 Å². The van der Waals surface area contributed by atoms with E-state index in [2.05, 4.69) is 0 Å². The molecular weight excluding hydrogens is 298 g/mol. The maximum Gasteiger partial charge on any atom is 0.170 e. The Kier molecular flexibility index (Phi) is 4.43. The minimum Gasteiger partial charge on any atom is -0.378 e. The second kappa shape index (κ2) is 6.67. The lowest BCUT2D eigenvalue weighted by molar-refractivity contribution is 0.0894. The van der Waals surface area contributed by atoms with Gasteiger partial charge in [-0.2, -0.15) is 0 Å². The van der Waals surface area contributed by atoms with E-state index in [9.17, 15) is 9.59 Å². The van der Waals surface area contributed by atoms with Crippen LogP contribution in [0.4, 0.5) is 5.69 Å². The molecule has 0 aliphatic rings. The van der Waals surface area contributed by atoms with Gasteiger partial charge in [-0.1, -0.05) is 36.4 Å². The van der Waals surface area contributed by atoms with E-state index in [1.165, 1.54) is 0 Å². The van der Waals surface area contributed by atoms with Crippen molar-refractivity contribution in [2.75, 3.05) is 19.0 Å². The molecule has 3 rings (SSSR count). The van der Waals surface area contributed by atoms with Crippen LogP contribution in [0.2, 0.25) is 0 Å². The summed E-state index contributed by atoms with van der Waals surface area (Å²) in [4.78, 5) is 26.7. The first-order valence-corrected chi connectivity index (χ1v) is 7.87. The van der Waals surface area contributed by atoms with Crippen LogP contribution in [-0.4, -0.2) is 25.7 Å². The van der Waals surface area contributed by atoms with Crippen LogP contribution in [0.1, 0.15) is 27.1 Å². The SMILES string of the molecule is CN(C)c1ccc(C(=O)CC(=O)c2ccc3ccccc3c2)cc1. The van der Waals surface area contributed by atoms with Crippen molar-refractivity contribution < 1.29 is 9.59 Å². The number of Topliss-reactive ketones (excluding diaryl/α,β-unsaturated/α-hetero) is 2. The Balaban J connectivity index is 1.76. The summed E-state index contributed by atoms with van der Waals surface area (Å²) in [5, 5.41) is 2.09. The summed E-state index contributed by atoms with van der Waals surface area (Å²) in [7, 11) is 3.89. The van der Waals surface area contributed by atoms with Gasteiger partial charge in [0, 0.05) is 30.9 Å². The van der Waals surface area contributed by atoms with Crippen molar-refractivity contribution in [3.63, 3.8) is 0 Å². The third-order valence-electron chi connectivity index (χ3n) is 4.10. The summed E-state index contributed by atoms with van der Waals surface area (Å²) >= 11 is 0. The number of nitrogens with zero attached hydrogens (tertiary/aromatic N) is 1. The molecular formula is C21H19NO2. The van der Waals surface area contributed by atoms with Crippen LogP contribution in [0.25, 0.3) is 10.8 Å². The van der Waals surface area contributed by atoms with Crippen molar-refractivity contribution in [3.8, 4) is 0 Å². The standard InChI is InChI=1S/C21H19NO2/c1-22(2)19-11-9-16(10-12-19)20(23)14-21(24)18-8-7-15-5-3-4-6-17(15)13-18/h3-13H,14H2,1-2H3. The van der Waals surface area contributed by atoms with Gasteiger partial charge >= 0.3 is 0 Å². The van der Waals surface area contributed by atoms with E-state index < -0.39 is 0 Å². The fraction of sp³-hybridized carbons (Fsp3) is 0.143. The molecule has 0 N–H and O–H groups in total. The minimum atomic E-state index is -0.154. The number of rotatable bonds is 5. The molecule has 0 saturated carbocycles. The Bertz CT molecular complexity index is 895. The van der Waals surface area contributed by atoms with Crippen molar-refractivity contribution in [2.45, 2.75) is 6.42 Å². The molecule has 120 valence electrons. The maximum atomic E-state index is 12.4. The molecule has 0 aliphatic carbocycles. The summed E-state index contributed by atoms with van der Waals surface area (Å²) in [6.45, 7) is 0. The maximum absolute atomic E-state index is 12.4. The van der Waals surface area contributed by atoms with Crippen LogP contribution in [0.3, 0.4) is 0 Å². The highest BCUT2D eigenvalue weighted by Gasteiger charge is 2.14. The van der Waals surface area contributed by atoms with E-state index in [1.54, 1.807) is 18.2 Å². The van der Waals surface area contributed by atoms with E-state index in [1.807, 2.05) is 67.5 Å². The topological polar surface area (TPSA) is 37.4 Å². The molecule has 0 aliphatic heterocycles. The van der Waals surface area contributed by atoms with Gasteiger partial charge < -0.3 is 4.90 Å². The monoisotopic (exact) mass is 317 g/mol. The van der Waals surface area contributed by atoms with Crippen molar-refractivity contribution in [3.05, 3.63) is 77.9 Å². The fourth-order valence-corrected chi connectivity index (χ4v) is 2.66. The van der Waals surface area contributed by atoms with Gasteiger partial charge in [-0.3, -0.25) is 9.59 Å². The van der Waals surface area contributed by atoms with Gasteiger partial charge in [-0.25, -0.2) is 0 Å². The normalized spacial score (nSPS) is 10.6. The summed E-state index contributed by atoms with van der Waals surface area (Å²) in [6, 6.07) is 20.7. The van der Waals surface area contributed by atoms with Gasteiger partial charge in [0.1, 0.15) is 0 Å². The zero-order valence-corrected chi connectivity index (χ0v) is 13.8. The largest absolute Gasteiger partial charge is 0.378 e. The Morgan fingerprint density at radius 2 is 1.33 bits per heavy atom. The molecule has 0 heterocycles. The summed E-state index contributed by atoms with van der Waals surface area (Å²) in [5.74, 6) is -0.305. The van der Waals surface area contributed by atoms with E-state index >= 15 is 0 Å². The molecule has 0 amide bonds. The average molecular weight is 317 g/mol. The van der Waals surface area contributed by atoms with Gasteiger partial charge in [-0.05, 0) is 41.1 Å². The number of anilines is 1. The molecule has 3 aromatic rings. The van der Waals surface area contributed by atoms with Crippen LogP contribution in [0.5, 0.6) is 0 Å². The molecule has 3 aromatic carbocycles. The molecule has 0 radical (unpaired) electrons. The van der Waals surface area contributed by atoms with Crippen molar-refractivity contribution in [2.24, 2.45) is 0 Å². The van der Waals surface area contributed by atoms with E-state index in [-0.39, 0.29) is 18.0 Å². The highest BCUT2D eigenvalue weighted by molar-refractivity contribution is 6.14. The zero-order valence-electron chi connectivity index (χ0n) is 13.8. The smallest absolute Gasteiger partial charge is 0.170 e.